The average molecular weight is 310 g/mol. The second-order valence-corrected chi connectivity index (χ2v) is 8.87. The summed E-state index contributed by atoms with van der Waals surface area (Å²) in [5.41, 5.74) is 0. The van der Waals surface area contributed by atoms with Crippen molar-refractivity contribution in [2.45, 2.75) is 53.4 Å². The lowest BCUT2D eigenvalue weighted by atomic mass is 10.1. The summed E-state index contributed by atoms with van der Waals surface area (Å²) in [4.78, 5) is 0. The molecule has 0 saturated carbocycles. The zero-order chi connectivity index (χ0) is 16.4. The predicted molar refractivity (Wildman–Crippen MR) is 85.6 cm³/mol. The maximum atomic E-state index is 10.1. The van der Waals surface area contributed by atoms with Crippen molar-refractivity contribution >= 4 is 10.1 Å². The van der Waals surface area contributed by atoms with Crippen LogP contribution in [0.3, 0.4) is 0 Å². The molecule has 0 aliphatic carbocycles. The quantitative estimate of drug-likeness (QED) is 0.511. The Bertz CT molecular complexity index is 317. The molecular weight excluding hydrogens is 274 g/mol. The van der Waals surface area contributed by atoms with Gasteiger partial charge in [0.2, 0.25) is 0 Å². The van der Waals surface area contributed by atoms with Crippen molar-refractivity contribution in [3.05, 3.63) is 0 Å². The standard InChI is InChI=1S/C9H22N.C6H14O3S/c1-9(2)7-6-8-10(3,4)5;1-6(2)4-3-5-10(7,8)9/h9H,6-8H2,1-5H3;6H,3-5H2,1-2H3,(H,7,8,9)/q+1;/p-1. The smallest absolute Gasteiger partial charge is 0.0945 e. The molecule has 5 heteroatoms. The van der Waals surface area contributed by atoms with Crippen molar-refractivity contribution < 1.29 is 17.5 Å². The SMILES string of the molecule is CC(C)CCCS(=O)(=O)[O-].CC(C)CCC[N+](C)(C)C. The van der Waals surface area contributed by atoms with Crippen molar-refractivity contribution in [1.82, 2.24) is 0 Å². The van der Waals surface area contributed by atoms with Crippen LogP contribution in [0.15, 0.2) is 0 Å². The Morgan fingerprint density at radius 2 is 1.30 bits per heavy atom. The number of hydrogen-bond acceptors (Lipinski definition) is 3. The van der Waals surface area contributed by atoms with E-state index in [-0.39, 0.29) is 5.75 Å². The summed E-state index contributed by atoms with van der Waals surface area (Å²) in [6.45, 7) is 9.87. The van der Waals surface area contributed by atoms with Gasteiger partial charge in [-0.1, -0.05) is 34.1 Å². The lowest BCUT2D eigenvalue weighted by Crippen LogP contribution is -2.35. The number of nitrogens with zero attached hydrogens (tertiary/aromatic N) is 1. The molecule has 0 bridgehead atoms. The fraction of sp³-hybridized carbons (Fsp3) is 1.00. The number of quaternary nitrogens is 1. The number of hydrogen-bond donors (Lipinski definition) is 0. The average Bonchev–Trinajstić information content (AvgIpc) is 2.12. The summed E-state index contributed by atoms with van der Waals surface area (Å²) in [6, 6.07) is 0. The molecule has 20 heavy (non-hydrogen) atoms. The Kier molecular flexibility index (Phi) is 11.7. The van der Waals surface area contributed by atoms with E-state index in [1.165, 1.54) is 19.4 Å². The summed E-state index contributed by atoms with van der Waals surface area (Å²) < 4.78 is 31.3. The van der Waals surface area contributed by atoms with E-state index in [0.717, 1.165) is 16.8 Å². The molecular formula is C15H35NO3S. The zero-order valence-corrected chi connectivity index (χ0v) is 15.3. The molecule has 0 aliphatic rings. The highest BCUT2D eigenvalue weighted by Crippen LogP contribution is 2.05. The van der Waals surface area contributed by atoms with Gasteiger partial charge in [-0.3, -0.25) is 0 Å². The van der Waals surface area contributed by atoms with Crippen LogP contribution < -0.4 is 0 Å². The van der Waals surface area contributed by atoms with Crippen LogP contribution in [0.25, 0.3) is 0 Å². The normalized spacial score (nSPS) is 12.5. The Labute approximate surface area is 126 Å². The molecule has 0 atom stereocenters. The van der Waals surface area contributed by atoms with Crippen LogP contribution in [0.2, 0.25) is 0 Å². The van der Waals surface area contributed by atoms with Crippen molar-refractivity contribution in [3.63, 3.8) is 0 Å². The van der Waals surface area contributed by atoms with Gasteiger partial charge in [-0.15, -0.1) is 0 Å². The first-order valence-corrected chi connectivity index (χ1v) is 9.15. The van der Waals surface area contributed by atoms with E-state index in [2.05, 4.69) is 35.0 Å². The second-order valence-electron chi connectivity index (χ2n) is 7.35. The van der Waals surface area contributed by atoms with Gasteiger partial charge >= 0.3 is 0 Å². The van der Waals surface area contributed by atoms with Crippen molar-refractivity contribution in [3.8, 4) is 0 Å². The fourth-order valence-corrected chi connectivity index (χ4v) is 2.16. The topological polar surface area (TPSA) is 57.2 Å². The van der Waals surface area contributed by atoms with Gasteiger partial charge in [0.25, 0.3) is 0 Å². The van der Waals surface area contributed by atoms with Crippen LogP contribution in [-0.2, 0) is 10.1 Å². The molecule has 0 aromatic carbocycles. The van der Waals surface area contributed by atoms with Crippen LogP contribution in [0.1, 0.15) is 53.4 Å². The molecule has 0 fully saturated rings. The molecule has 0 amide bonds. The molecule has 0 saturated heterocycles. The third-order valence-electron chi connectivity index (χ3n) is 2.79. The molecule has 124 valence electrons. The highest BCUT2D eigenvalue weighted by molar-refractivity contribution is 7.85. The minimum Gasteiger partial charge on any atom is -0.748 e. The third-order valence-corrected chi connectivity index (χ3v) is 3.57. The molecule has 0 unspecified atom stereocenters. The van der Waals surface area contributed by atoms with E-state index in [9.17, 15) is 13.0 Å². The monoisotopic (exact) mass is 309 g/mol. The zero-order valence-electron chi connectivity index (χ0n) is 14.5. The predicted octanol–water partition coefficient (Wildman–Crippen LogP) is 3.10. The highest BCUT2D eigenvalue weighted by Gasteiger charge is 2.05. The summed E-state index contributed by atoms with van der Waals surface area (Å²) in [5.74, 6) is 1.12. The van der Waals surface area contributed by atoms with Crippen molar-refractivity contribution in [2.24, 2.45) is 11.8 Å². The molecule has 0 heterocycles. The van der Waals surface area contributed by atoms with Crippen LogP contribution in [0.5, 0.6) is 0 Å². The molecule has 0 rings (SSSR count). The van der Waals surface area contributed by atoms with Crippen LogP contribution in [-0.4, -0.2) is 50.9 Å². The van der Waals surface area contributed by atoms with Gasteiger partial charge in [0.15, 0.2) is 0 Å². The Balaban J connectivity index is 0. The van der Waals surface area contributed by atoms with Gasteiger partial charge < -0.3 is 9.04 Å². The first kappa shape index (κ1) is 22.2. The van der Waals surface area contributed by atoms with Crippen molar-refractivity contribution in [1.29, 1.82) is 0 Å². The maximum absolute atomic E-state index is 10.1. The molecule has 4 nitrogen and oxygen atoms in total. The van der Waals surface area contributed by atoms with Gasteiger partial charge in [0.1, 0.15) is 0 Å². The molecule has 0 aliphatic heterocycles. The first-order valence-electron chi connectivity index (χ1n) is 7.57. The van der Waals surface area contributed by atoms with Crippen molar-refractivity contribution in [2.75, 3.05) is 33.4 Å². The van der Waals surface area contributed by atoms with Gasteiger partial charge in [0, 0.05) is 5.75 Å². The van der Waals surface area contributed by atoms with E-state index in [1.54, 1.807) is 0 Å². The van der Waals surface area contributed by atoms with Crippen LogP contribution >= 0.6 is 0 Å². The van der Waals surface area contributed by atoms with Gasteiger partial charge in [-0.05, 0) is 31.1 Å². The molecule has 0 aromatic heterocycles. The first-order chi connectivity index (χ1) is 8.83. The maximum Gasteiger partial charge on any atom is 0.0945 e. The second kappa shape index (κ2) is 10.6. The Hall–Kier alpha value is -0.130. The summed E-state index contributed by atoms with van der Waals surface area (Å²) in [7, 11) is 2.78. The summed E-state index contributed by atoms with van der Waals surface area (Å²) in [6.07, 6.45) is 4.03. The van der Waals surface area contributed by atoms with Gasteiger partial charge in [0.05, 0.1) is 37.8 Å². The third kappa shape index (κ3) is 26.4. The van der Waals surface area contributed by atoms with Crippen LogP contribution in [0, 0.1) is 11.8 Å². The van der Waals surface area contributed by atoms with E-state index in [1.807, 2.05) is 13.8 Å². The van der Waals surface area contributed by atoms with E-state index >= 15 is 0 Å². The Morgan fingerprint density at radius 1 is 0.900 bits per heavy atom. The molecule has 0 N–H and O–H groups in total. The largest absolute Gasteiger partial charge is 0.748 e. The highest BCUT2D eigenvalue weighted by atomic mass is 32.2. The molecule has 0 aromatic rings. The molecule has 0 radical (unpaired) electrons. The number of rotatable bonds is 8. The lowest BCUT2D eigenvalue weighted by Gasteiger charge is -2.24. The van der Waals surface area contributed by atoms with Gasteiger partial charge in [-0.25, -0.2) is 8.42 Å². The lowest BCUT2D eigenvalue weighted by molar-refractivity contribution is -0.870. The summed E-state index contributed by atoms with van der Waals surface area (Å²) >= 11 is 0. The summed E-state index contributed by atoms with van der Waals surface area (Å²) in [5, 5.41) is 0. The van der Waals surface area contributed by atoms with Crippen LogP contribution in [0.4, 0.5) is 0 Å². The minimum atomic E-state index is -3.97. The van der Waals surface area contributed by atoms with E-state index in [0.29, 0.717) is 12.3 Å². The van der Waals surface area contributed by atoms with E-state index < -0.39 is 10.1 Å². The Morgan fingerprint density at radius 3 is 1.60 bits per heavy atom. The van der Waals surface area contributed by atoms with Gasteiger partial charge in [-0.2, -0.15) is 0 Å². The van der Waals surface area contributed by atoms with E-state index in [4.69, 9.17) is 0 Å². The fourth-order valence-electron chi connectivity index (χ4n) is 1.64. The minimum absolute atomic E-state index is 0.217. The molecule has 0 spiro atoms.